The Bertz CT molecular complexity index is 614. The van der Waals surface area contributed by atoms with Gasteiger partial charge in [0.1, 0.15) is 6.20 Å². The number of fused-ring (bicyclic) bond motifs is 1. The molecular weight excluding hydrogens is 280 g/mol. The van der Waals surface area contributed by atoms with Crippen LogP contribution in [0.25, 0.3) is 4.96 Å². The fraction of sp³-hybridized carbons (Fsp3) is 0.583. The summed E-state index contributed by atoms with van der Waals surface area (Å²) >= 11 is 1.33. The van der Waals surface area contributed by atoms with Gasteiger partial charge in [-0.2, -0.15) is 9.38 Å². The molecule has 7 nitrogen and oxygen atoms in total. The third-order valence-corrected chi connectivity index (χ3v) is 3.59. The van der Waals surface area contributed by atoms with E-state index in [1.807, 2.05) is 0 Å². The van der Waals surface area contributed by atoms with Crippen molar-refractivity contribution in [2.45, 2.75) is 33.2 Å². The van der Waals surface area contributed by atoms with Crippen LogP contribution in [0.4, 0.5) is 11.6 Å². The minimum atomic E-state index is -0.458. The van der Waals surface area contributed by atoms with Crippen LogP contribution in [0, 0.1) is 15.5 Å². The molecule has 2 aromatic rings. The molecule has 0 aromatic carbocycles. The fourth-order valence-electron chi connectivity index (χ4n) is 2.14. The molecule has 0 aliphatic carbocycles. The topological polar surface area (TPSA) is 92.7 Å². The van der Waals surface area contributed by atoms with E-state index in [-0.39, 0.29) is 29.7 Å². The molecule has 20 heavy (non-hydrogen) atoms. The Morgan fingerprint density at radius 3 is 2.85 bits per heavy atom. The molecule has 8 heteroatoms. The van der Waals surface area contributed by atoms with Crippen LogP contribution in [0.1, 0.15) is 27.2 Å². The maximum absolute atomic E-state index is 11.2. The number of nitro groups is 1. The summed E-state index contributed by atoms with van der Waals surface area (Å²) in [5.41, 5.74) is 0.00624. The molecule has 0 unspecified atom stereocenters. The number of rotatable bonds is 5. The minimum absolute atomic E-state index is 0.00624. The van der Waals surface area contributed by atoms with E-state index in [0.29, 0.717) is 11.4 Å². The molecule has 2 N–H and O–H groups in total. The third kappa shape index (κ3) is 3.07. The number of nitrogens with zero attached hydrogens (tertiary/aromatic N) is 3. The second kappa shape index (κ2) is 5.37. The summed E-state index contributed by atoms with van der Waals surface area (Å²) in [7, 11) is 0. The predicted molar refractivity (Wildman–Crippen MR) is 78.3 cm³/mol. The zero-order valence-corrected chi connectivity index (χ0v) is 12.5. The number of aromatic nitrogens is 2. The Hall–Kier alpha value is -1.67. The van der Waals surface area contributed by atoms with Gasteiger partial charge in [0.2, 0.25) is 5.82 Å². The van der Waals surface area contributed by atoms with Crippen LogP contribution in [0.3, 0.4) is 0 Å². The van der Waals surface area contributed by atoms with Gasteiger partial charge in [-0.05, 0) is 16.8 Å². The molecule has 0 fully saturated rings. The summed E-state index contributed by atoms with van der Waals surface area (Å²) < 4.78 is 1.44. The van der Waals surface area contributed by atoms with Gasteiger partial charge in [0.15, 0.2) is 0 Å². The molecule has 0 saturated heterocycles. The lowest BCUT2D eigenvalue weighted by molar-refractivity contribution is -0.389. The molecule has 0 aliphatic heterocycles. The SMILES string of the molecule is CC(C)(C)C[C@H](CO)Nc1nc2sccn2c1[N+](=O)[O-]. The number of hydrogen-bond donors (Lipinski definition) is 2. The highest BCUT2D eigenvalue weighted by Crippen LogP contribution is 2.30. The first-order chi connectivity index (χ1) is 9.31. The first-order valence-corrected chi connectivity index (χ1v) is 7.17. The van der Waals surface area contributed by atoms with Crippen LogP contribution >= 0.6 is 11.3 Å². The van der Waals surface area contributed by atoms with Crippen molar-refractivity contribution >= 4 is 27.9 Å². The van der Waals surface area contributed by atoms with E-state index in [0.717, 1.165) is 0 Å². The molecule has 1 atom stereocenters. The van der Waals surface area contributed by atoms with Crippen molar-refractivity contribution in [1.29, 1.82) is 0 Å². The van der Waals surface area contributed by atoms with Crippen LogP contribution < -0.4 is 5.32 Å². The van der Waals surface area contributed by atoms with E-state index in [1.165, 1.54) is 15.7 Å². The van der Waals surface area contributed by atoms with Crippen molar-refractivity contribution in [3.63, 3.8) is 0 Å². The van der Waals surface area contributed by atoms with E-state index in [9.17, 15) is 15.2 Å². The van der Waals surface area contributed by atoms with Crippen molar-refractivity contribution in [3.8, 4) is 0 Å². The normalized spacial score (nSPS) is 13.6. The molecule has 2 rings (SSSR count). The van der Waals surface area contributed by atoms with Gasteiger partial charge in [0.25, 0.3) is 4.96 Å². The molecule has 2 aromatic heterocycles. The lowest BCUT2D eigenvalue weighted by Crippen LogP contribution is -2.29. The van der Waals surface area contributed by atoms with Crippen LogP contribution in [0.15, 0.2) is 11.6 Å². The van der Waals surface area contributed by atoms with Gasteiger partial charge in [-0.15, -0.1) is 0 Å². The van der Waals surface area contributed by atoms with Gasteiger partial charge >= 0.3 is 5.82 Å². The quantitative estimate of drug-likeness (QED) is 0.653. The van der Waals surface area contributed by atoms with Crippen molar-refractivity contribution in [2.75, 3.05) is 11.9 Å². The summed E-state index contributed by atoms with van der Waals surface area (Å²) in [5.74, 6) is 0.124. The number of imidazole rings is 1. The van der Waals surface area contributed by atoms with Gasteiger partial charge in [-0.25, -0.2) is 0 Å². The number of thiazole rings is 1. The summed E-state index contributed by atoms with van der Waals surface area (Å²) in [4.78, 5) is 15.5. The molecule has 0 aliphatic rings. The number of hydrogen-bond acceptors (Lipinski definition) is 6. The smallest absolute Gasteiger partial charge is 0.372 e. The monoisotopic (exact) mass is 298 g/mol. The largest absolute Gasteiger partial charge is 0.394 e. The van der Waals surface area contributed by atoms with E-state index in [1.54, 1.807) is 11.6 Å². The van der Waals surface area contributed by atoms with E-state index < -0.39 is 4.92 Å². The molecule has 2 heterocycles. The predicted octanol–water partition coefficient (Wildman–Crippen LogP) is 2.51. The van der Waals surface area contributed by atoms with E-state index in [2.05, 4.69) is 31.1 Å². The summed E-state index contributed by atoms with van der Waals surface area (Å²) in [6.45, 7) is 6.06. The Balaban J connectivity index is 2.30. The average Bonchev–Trinajstić information content (AvgIpc) is 2.85. The first kappa shape index (κ1) is 14.7. The Morgan fingerprint density at radius 1 is 1.60 bits per heavy atom. The number of anilines is 1. The molecule has 0 amide bonds. The third-order valence-electron chi connectivity index (χ3n) is 2.83. The maximum Gasteiger partial charge on any atom is 0.372 e. The maximum atomic E-state index is 11.2. The second-order valence-electron chi connectivity index (χ2n) is 5.89. The summed E-state index contributed by atoms with van der Waals surface area (Å²) in [6, 6.07) is -0.265. The first-order valence-electron chi connectivity index (χ1n) is 6.29. The van der Waals surface area contributed by atoms with Gasteiger partial charge < -0.3 is 20.5 Å². The zero-order chi connectivity index (χ0) is 14.9. The second-order valence-corrected chi connectivity index (χ2v) is 6.76. The molecule has 0 radical (unpaired) electrons. The van der Waals surface area contributed by atoms with Gasteiger partial charge in [0, 0.05) is 5.38 Å². The highest BCUT2D eigenvalue weighted by molar-refractivity contribution is 7.15. The highest BCUT2D eigenvalue weighted by atomic mass is 32.1. The van der Waals surface area contributed by atoms with Crippen molar-refractivity contribution < 1.29 is 10.0 Å². The van der Waals surface area contributed by atoms with Crippen molar-refractivity contribution in [1.82, 2.24) is 9.38 Å². The molecular formula is C12H18N4O3S. The molecule has 110 valence electrons. The highest BCUT2D eigenvalue weighted by Gasteiger charge is 2.27. The van der Waals surface area contributed by atoms with Crippen LogP contribution in [-0.4, -0.2) is 32.1 Å². The Morgan fingerprint density at radius 2 is 2.30 bits per heavy atom. The van der Waals surface area contributed by atoms with Gasteiger partial charge in [-0.1, -0.05) is 32.1 Å². The van der Waals surface area contributed by atoms with Crippen LogP contribution in [0.2, 0.25) is 0 Å². The van der Waals surface area contributed by atoms with E-state index in [4.69, 9.17) is 0 Å². The summed E-state index contributed by atoms with van der Waals surface area (Å²) in [6.07, 6.45) is 2.31. The number of nitrogens with one attached hydrogen (secondary N) is 1. The lowest BCUT2D eigenvalue weighted by Gasteiger charge is -2.25. The van der Waals surface area contributed by atoms with Crippen molar-refractivity contribution in [3.05, 3.63) is 21.7 Å². The Kier molecular flexibility index (Phi) is 3.96. The van der Waals surface area contributed by atoms with Gasteiger partial charge in [0.05, 0.1) is 12.6 Å². The molecule has 0 bridgehead atoms. The van der Waals surface area contributed by atoms with Crippen LogP contribution in [-0.2, 0) is 0 Å². The number of aliphatic hydroxyl groups excluding tert-OH is 1. The van der Waals surface area contributed by atoms with Gasteiger partial charge in [-0.3, -0.25) is 0 Å². The Labute approximate surface area is 120 Å². The minimum Gasteiger partial charge on any atom is -0.394 e. The molecule has 0 saturated carbocycles. The summed E-state index contributed by atoms with van der Waals surface area (Å²) in [5, 5.41) is 25.4. The fourth-order valence-corrected chi connectivity index (χ4v) is 2.85. The number of aliphatic hydroxyl groups is 1. The zero-order valence-electron chi connectivity index (χ0n) is 11.7. The molecule has 0 spiro atoms. The lowest BCUT2D eigenvalue weighted by atomic mass is 9.88. The van der Waals surface area contributed by atoms with E-state index >= 15 is 0 Å². The standard InChI is InChI=1S/C12H18N4O3S/c1-12(2,3)6-8(7-17)13-9-10(16(18)19)15-4-5-20-11(15)14-9/h4-5,8,13,17H,6-7H2,1-3H3/t8-/m1/s1. The van der Waals surface area contributed by atoms with Crippen LogP contribution in [0.5, 0.6) is 0 Å². The average molecular weight is 298 g/mol. The van der Waals surface area contributed by atoms with Crippen molar-refractivity contribution in [2.24, 2.45) is 5.41 Å².